The van der Waals surface area contributed by atoms with Gasteiger partial charge < -0.3 is 29.7 Å². The van der Waals surface area contributed by atoms with E-state index in [1.54, 1.807) is 33.8 Å². The number of rotatable bonds is 10. The molecular weight excluding hydrogens is 640 g/mol. The van der Waals surface area contributed by atoms with Crippen molar-refractivity contribution in [1.29, 1.82) is 5.26 Å². The molecule has 2 saturated heterocycles. The molecule has 2 fully saturated rings. The molecule has 2 N–H and O–H groups in total. The Kier molecular flexibility index (Phi) is 11.6. The predicted molar refractivity (Wildman–Crippen MR) is 175 cm³/mol. The lowest BCUT2D eigenvalue weighted by Gasteiger charge is -2.38. The Bertz CT molecular complexity index is 1580. The third kappa shape index (κ3) is 9.53. The molecule has 0 aliphatic carbocycles. The largest absolute Gasteiger partial charge is 0.474 e. The van der Waals surface area contributed by atoms with Crippen LogP contribution in [0.3, 0.4) is 0 Å². The number of amides is 1. The molecule has 1 aromatic carbocycles. The van der Waals surface area contributed by atoms with Gasteiger partial charge in [0.05, 0.1) is 30.0 Å². The predicted octanol–water partition coefficient (Wildman–Crippen LogP) is 4.63. The van der Waals surface area contributed by atoms with E-state index >= 15 is 0 Å². The number of likely N-dealkylation sites (N-methyl/N-ethyl adjacent to an activating group) is 1. The summed E-state index contributed by atoms with van der Waals surface area (Å²) < 4.78 is 46.5. The molecule has 2 aromatic rings. The van der Waals surface area contributed by atoms with Gasteiger partial charge in [0.2, 0.25) is 23.4 Å². The Morgan fingerprint density at radius 2 is 1.86 bits per heavy atom. The van der Waals surface area contributed by atoms with Crippen molar-refractivity contribution in [2.24, 2.45) is 10.9 Å². The molecule has 0 saturated carbocycles. The van der Waals surface area contributed by atoms with Gasteiger partial charge in [0.25, 0.3) is 0 Å². The van der Waals surface area contributed by atoms with Crippen molar-refractivity contribution in [1.82, 2.24) is 19.8 Å². The second kappa shape index (κ2) is 15.3. The number of hydrogen-bond donors (Lipinski definition) is 1. The lowest BCUT2D eigenvalue weighted by molar-refractivity contribution is -0.149. The SMILES string of the molecule is C[C@H](Oc1cc(O[C@H]2CCN(C(=O)OC(C)(C)C)[C@H](CC#N)C2)nc(C(N)=NOC(=O)C(C)(C)c2ccccc2F)n1)[C@@H]1C[C@H](F)CN1C. The first kappa shape index (κ1) is 37.2. The lowest BCUT2D eigenvalue weighted by Crippen LogP contribution is -2.50. The summed E-state index contributed by atoms with van der Waals surface area (Å²) in [6.07, 6.45) is -1.37. The first-order valence-corrected chi connectivity index (χ1v) is 16.2. The lowest BCUT2D eigenvalue weighted by atomic mass is 9.84. The van der Waals surface area contributed by atoms with Crippen LogP contribution < -0.4 is 15.2 Å². The molecule has 2 aliphatic rings. The number of nitrogens with two attached hydrogens (primary N) is 1. The molecule has 3 heterocycles. The Morgan fingerprint density at radius 1 is 1.16 bits per heavy atom. The first-order valence-electron chi connectivity index (χ1n) is 16.2. The van der Waals surface area contributed by atoms with Crippen molar-refractivity contribution in [2.45, 2.75) is 109 Å². The molecule has 13 nitrogen and oxygen atoms in total. The van der Waals surface area contributed by atoms with E-state index in [2.05, 4.69) is 21.2 Å². The number of amidine groups is 1. The maximum absolute atomic E-state index is 14.5. The van der Waals surface area contributed by atoms with Crippen LogP contribution in [-0.2, 0) is 19.8 Å². The van der Waals surface area contributed by atoms with Crippen molar-refractivity contribution < 1.29 is 37.4 Å². The van der Waals surface area contributed by atoms with Gasteiger partial charge in [-0.25, -0.2) is 18.4 Å². The molecule has 15 heteroatoms. The van der Waals surface area contributed by atoms with E-state index in [1.807, 2.05) is 11.9 Å². The van der Waals surface area contributed by atoms with Crippen LogP contribution in [-0.4, -0.2) is 93.9 Å². The van der Waals surface area contributed by atoms with Crippen molar-refractivity contribution in [2.75, 3.05) is 20.1 Å². The number of hydrogen-bond acceptors (Lipinski definition) is 11. The summed E-state index contributed by atoms with van der Waals surface area (Å²) in [5, 5.41) is 13.2. The van der Waals surface area contributed by atoms with Gasteiger partial charge >= 0.3 is 12.1 Å². The van der Waals surface area contributed by atoms with Gasteiger partial charge in [-0.3, -0.25) is 4.90 Å². The molecular formula is C34H45F2N7O6. The number of nitriles is 1. The zero-order valence-electron chi connectivity index (χ0n) is 29.0. The highest BCUT2D eigenvalue weighted by atomic mass is 19.1. The van der Waals surface area contributed by atoms with Crippen LogP contribution >= 0.6 is 0 Å². The van der Waals surface area contributed by atoms with Crippen LogP contribution in [0.1, 0.15) is 78.6 Å². The quantitative estimate of drug-likeness (QED) is 0.160. The van der Waals surface area contributed by atoms with Gasteiger partial charge in [0.1, 0.15) is 29.8 Å². The zero-order chi connectivity index (χ0) is 36.1. The summed E-state index contributed by atoms with van der Waals surface area (Å²) in [6.45, 7) is 10.7. The monoisotopic (exact) mass is 685 g/mol. The Hall–Kier alpha value is -4.58. The van der Waals surface area contributed by atoms with E-state index < -0.39 is 53.3 Å². The second-order valence-electron chi connectivity index (χ2n) is 13.9. The smallest absolute Gasteiger partial charge is 0.410 e. The third-order valence-electron chi connectivity index (χ3n) is 8.50. The van der Waals surface area contributed by atoms with E-state index in [0.717, 1.165) is 0 Å². The molecule has 0 radical (unpaired) electrons. The summed E-state index contributed by atoms with van der Waals surface area (Å²) in [5.74, 6) is -1.91. The van der Waals surface area contributed by atoms with Crippen molar-refractivity contribution in [3.63, 3.8) is 0 Å². The summed E-state index contributed by atoms with van der Waals surface area (Å²) in [6, 6.07) is 8.73. The number of alkyl halides is 1. The van der Waals surface area contributed by atoms with Crippen molar-refractivity contribution in [3.05, 3.63) is 47.5 Å². The number of carbonyl (C=O) groups is 2. The Labute approximate surface area is 285 Å². The fraction of sp³-hybridized carbons (Fsp3) is 0.588. The van der Waals surface area contributed by atoms with E-state index in [4.69, 9.17) is 24.8 Å². The number of carbonyl (C=O) groups excluding carboxylic acids is 2. The van der Waals surface area contributed by atoms with Crippen LogP contribution in [0.2, 0.25) is 0 Å². The molecule has 1 aromatic heterocycles. The minimum atomic E-state index is -1.40. The van der Waals surface area contributed by atoms with Gasteiger partial charge in [-0.1, -0.05) is 23.4 Å². The number of oxime groups is 1. The normalized spacial score (nSPS) is 22.6. The van der Waals surface area contributed by atoms with Crippen LogP contribution in [0.4, 0.5) is 13.6 Å². The minimum absolute atomic E-state index is 0.0536. The van der Waals surface area contributed by atoms with E-state index in [0.29, 0.717) is 12.8 Å². The summed E-state index contributed by atoms with van der Waals surface area (Å²) in [4.78, 5) is 43.1. The first-order chi connectivity index (χ1) is 23.0. The summed E-state index contributed by atoms with van der Waals surface area (Å²) >= 11 is 0. The minimum Gasteiger partial charge on any atom is -0.474 e. The molecule has 5 atom stereocenters. The van der Waals surface area contributed by atoms with E-state index in [-0.39, 0.29) is 61.0 Å². The fourth-order valence-electron chi connectivity index (χ4n) is 5.90. The molecule has 49 heavy (non-hydrogen) atoms. The number of ether oxygens (including phenoxy) is 3. The average molecular weight is 686 g/mol. The number of halogens is 2. The fourth-order valence-corrected chi connectivity index (χ4v) is 5.90. The van der Waals surface area contributed by atoms with Crippen LogP contribution in [0.5, 0.6) is 11.8 Å². The molecule has 0 spiro atoms. The van der Waals surface area contributed by atoms with Gasteiger partial charge in [0.15, 0.2) is 0 Å². The highest BCUT2D eigenvalue weighted by Crippen LogP contribution is 2.30. The number of likely N-dealkylation sites (tertiary alicyclic amines) is 2. The maximum atomic E-state index is 14.5. The van der Waals surface area contributed by atoms with Crippen molar-refractivity contribution >= 4 is 17.9 Å². The van der Waals surface area contributed by atoms with E-state index in [1.165, 1.54) is 43.0 Å². The number of piperidine rings is 1. The van der Waals surface area contributed by atoms with Crippen LogP contribution in [0, 0.1) is 17.1 Å². The van der Waals surface area contributed by atoms with Gasteiger partial charge in [-0.2, -0.15) is 15.2 Å². The molecule has 266 valence electrons. The second-order valence-corrected chi connectivity index (χ2v) is 13.9. The number of nitrogens with zero attached hydrogens (tertiary/aromatic N) is 6. The molecule has 0 bridgehead atoms. The van der Waals surface area contributed by atoms with Crippen LogP contribution in [0.25, 0.3) is 0 Å². The molecule has 4 rings (SSSR count). The van der Waals surface area contributed by atoms with Gasteiger partial charge in [0, 0.05) is 37.5 Å². The number of aromatic nitrogens is 2. The maximum Gasteiger partial charge on any atom is 0.410 e. The summed E-state index contributed by atoms with van der Waals surface area (Å²) in [5.41, 5.74) is 4.21. The summed E-state index contributed by atoms with van der Waals surface area (Å²) in [7, 11) is 1.81. The van der Waals surface area contributed by atoms with Gasteiger partial charge in [-0.05, 0) is 61.1 Å². The topological polar surface area (TPSA) is 165 Å². The Morgan fingerprint density at radius 3 is 2.49 bits per heavy atom. The zero-order valence-corrected chi connectivity index (χ0v) is 29.0. The van der Waals surface area contributed by atoms with E-state index in [9.17, 15) is 23.6 Å². The molecule has 1 amide bonds. The number of benzene rings is 1. The van der Waals surface area contributed by atoms with Crippen molar-refractivity contribution in [3.8, 4) is 17.8 Å². The molecule has 2 aliphatic heterocycles. The van der Waals surface area contributed by atoms with Crippen LogP contribution in [0.15, 0.2) is 35.5 Å². The third-order valence-corrected chi connectivity index (χ3v) is 8.50. The standard InChI is InChI=1S/C34H45F2N7O6/c1-20(26-16-21(35)19-42(26)7)46-27-18-28(47-23-13-15-43(22(17-23)12-14-37)32(45)48-33(2,3)4)40-30(39-27)29(38)41-49-31(44)34(5,6)24-10-8-9-11-25(24)36/h8-11,18,20-23,26H,12-13,15-17,19H2,1-7H3,(H2,38,41)/t20-,21-,22+,23-,26-/m0/s1. The Balaban J connectivity index is 1.57. The molecule has 0 unspecified atom stereocenters. The average Bonchev–Trinajstić information content (AvgIpc) is 3.36. The van der Waals surface area contributed by atoms with Gasteiger partial charge in [-0.15, -0.1) is 0 Å². The highest BCUT2D eigenvalue weighted by Gasteiger charge is 2.37. The highest BCUT2D eigenvalue weighted by molar-refractivity contribution is 5.94.